The molecule has 0 heterocycles. The van der Waals surface area contributed by atoms with E-state index in [0.29, 0.717) is 12.0 Å². The Balaban J connectivity index is 0.00000576. The smallest absolute Gasteiger partial charge is 0.744 e. The molecule has 3 unspecified atom stereocenters. The van der Waals surface area contributed by atoms with Crippen LogP contribution in [0.1, 0.15) is 44.6 Å². The van der Waals surface area contributed by atoms with Crippen LogP contribution in [-0.4, -0.2) is 35.1 Å². The topological polar surface area (TPSA) is 132 Å². The normalized spacial score (nSPS) is 14.8. The molecular weight excluding hydrogens is 359 g/mol. The fourth-order valence-electron chi connectivity index (χ4n) is 2.59. The molecule has 9 heteroatoms. The van der Waals surface area contributed by atoms with E-state index >= 15 is 0 Å². The zero-order valence-corrected chi connectivity index (χ0v) is 17.3. The van der Waals surface area contributed by atoms with Gasteiger partial charge in [-0.15, -0.1) is 0 Å². The molecular formula is C16H21NaO7S. The summed E-state index contributed by atoms with van der Waals surface area (Å²) in [5.41, 5.74) is 0.621. The van der Waals surface area contributed by atoms with Crippen LogP contribution in [0.25, 0.3) is 0 Å². The maximum absolute atomic E-state index is 11.3. The summed E-state index contributed by atoms with van der Waals surface area (Å²) in [6, 6.07) is 5.22. The Morgan fingerprint density at radius 3 is 1.96 bits per heavy atom. The maximum atomic E-state index is 11.3. The Morgan fingerprint density at radius 1 is 1.08 bits per heavy atom. The summed E-state index contributed by atoms with van der Waals surface area (Å²) >= 11 is 0. The Hall–Kier alpha value is -0.930. The second-order valence-corrected chi connectivity index (χ2v) is 7.25. The molecule has 0 aliphatic rings. The minimum absolute atomic E-state index is 0. The van der Waals surface area contributed by atoms with Crippen LogP contribution in [0.3, 0.4) is 0 Å². The molecule has 0 spiro atoms. The second-order valence-electron chi connectivity index (χ2n) is 5.87. The zero-order chi connectivity index (χ0) is 18.5. The molecule has 134 valence electrons. The third-order valence-electron chi connectivity index (χ3n) is 4.11. The van der Waals surface area contributed by atoms with Gasteiger partial charge in [0.05, 0.1) is 16.7 Å². The molecule has 0 bridgehead atoms. The van der Waals surface area contributed by atoms with E-state index in [2.05, 4.69) is 0 Å². The van der Waals surface area contributed by atoms with E-state index < -0.39 is 33.9 Å². The molecule has 0 saturated heterocycles. The van der Waals surface area contributed by atoms with Gasteiger partial charge >= 0.3 is 41.5 Å². The van der Waals surface area contributed by atoms with Crippen LogP contribution in [0.5, 0.6) is 0 Å². The summed E-state index contributed by atoms with van der Waals surface area (Å²) in [4.78, 5) is 22.0. The van der Waals surface area contributed by atoms with Gasteiger partial charge in [0.15, 0.2) is 0 Å². The van der Waals surface area contributed by atoms with E-state index in [1.165, 1.54) is 19.1 Å². The monoisotopic (exact) mass is 380 g/mol. The van der Waals surface area contributed by atoms with Gasteiger partial charge in [-0.05, 0) is 42.9 Å². The molecule has 25 heavy (non-hydrogen) atoms. The molecule has 0 radical (unpaired) electrons. The zero-order valence-electron chi connectivity index (χ0n) is 14.5. The van der Waals surface area contributed by atoms with Gasteiger partial charge in [-0.25, -0.2) is 8.42 Å². The average Bonchev–Trinajstić information content (AvgIpc) is 2.49. The van der Waals surface area contributed by atoms with Gasteiger partial charge in [-0.3, -0.25) is 9.59 Å². The molecule has 3 atom stereocenters. The van der Waals surface area contributed by atoms with E-state index in [1.807, 2.05) is 0 Å². The van der Waals surface area contributed by atoms with E-state index in [-0.39, 0.29) is 53.2 Å². The Bertz CT molecular complexity index is 685. The molecule has 2 N–H and O–H groups in total. The van der Waals surface area contributed by atoms with Crippen LogP contribution >= 0.6 is 0 Å². The molecule has 0 aliphatic carbocycles. The largest absolute Gasteiger partial charge is 1.00 e. The molecule has 0 fully saturated rings. The van der Waals surface area contributed by atoms with Crippen LogP contribution in [0.15, 0.2) is 29.2 Å². The molecule has 1 aromatic rings. The van der Waals surface area contributed by atoms with Gasteiger partial charge in [0.1, 0.15) is 10.1 Å². The van der Waals surface area contributed by atoms with Gasteiger partial charge in [-0.1, -0.05) is 26.0 Å². The number of benzene rings is 1. The van der Waals surface area contributed by atoms with Gasteiger partial charge in [-0.2, -0.15) is 0 Å². The minimum Gasteiger partial charge on any atom is -0.744 e. The van der Waals surface area contributed by atoms with E-state index in [1.54, 1.807) is 6.92 Å². The van der Waals surface area contributed by atoms with Crippen molar-refractivity contribution in [3.63, 3.8) is 0 Å². The number of aliphatic carboxylic acids is 2. The quantitative estimate of drug-likeness (QED) is 0.427. The van der Waals surface area contributed by atoms with Crippen LogP contribution in [0, 0.1) is 11.8 Å². The van der Waals surface area contributed by atoms with Crippen molar-refractivity contribution >= 4 is 22.1 Å². The van der Waals surface area contributed by atoms with Crippen molar-refractivity contribution < 1.29 is 62.3 Å². The predicted molar refractivity (Wildman–Crippen MR) is 84.6 cm³/mol. The summed E-state index contributed by atoms with van der Waals surface area (Å²) in [7, 11) is -4.56. The van der Waals surface area contributed by atoms with E-state index in [0.717, 1.165) is 12.1 Å². The first-order valence-corrected chi connectivity index (χ1v) is 8.98. The number of carbonyl (C=O) groups is 2. The van der Waals surface area contributed by atoms with Crippen LogP contribution in [0.4, 0.5) is 0 Å². The van der Waals surface area contributed by atoms with Crippen LogP contribution < -0.4 is 29.6 Å². The SMILES string of the molecule is CCC(CC(CC(C)C(=O)O)c1ccc(S(=O)(=O)[O-])cc1)C(=O)O.[Na+]. The first kappa shape index (κ1) is 24.1. The summed E-state index contributed by atoms with van der Waals surface area (Å²) in [6.07, 6.45) is 0.871. The fourth-order valence-corrected chi connectivity index (χ4v) is 3.06. The van der Waals surface area contributed by atoms with Crippen molar-refractivity contribution in [1.29, 1.82) is 0 Å². The fraction of sp³-hybridized carbons (Fsp3) is 0.500. The molecule has 1 rings (SSSR count). The molecule has 0 saturated carbocycles. The Kier molecular flexibility index (Phi) is 9.89. The van der Waals surface area contributed by atoms with Crippen molar-refractivity contribution in [3.8, 4) is 0 Å². The minimum atomic E-state index is -4.56. The van der Waals surface area contributed by atoms with Gasteiger partial charge < -0.3 is 14.8 Å². The molecule has 0 aromatic heterocycles. The molecule has 0 aliphatic heterocycles. The van der Waals surface area contributed by atoms with Crippen LogP contribution in [0.2, 0.25) is 0 Å². The van der Waals surface area contributed by atoms with Crippen molar-refractivity contribution in [1.82, 2.24) is 0 Å². The first-order valence-electron chi connectivity index (χ1n) is 7.57. The van der Waals surface area contributed by atoms with Gasteiger partial charge in [0.2, 0.25) is 0 Å². The molecule has 0 amide bonds. The summed E-state index contributed by atoms with van der Waals surface area (Å²) in [5, 5.41) is 18.3. The molecule has 7 nitrogen and oxygen atoms in total. The number of hydrogen-bond acceptors (Lipinski definition) is 5. The van der Waals surface area contributed by atoms with Gasteiger partial charge in [0.25, 0.3) is 0 Å². The first-order chi connectivity index (χ1) is 11.1. The Morgan fingerprint density at radius 2 is 1.60 bits per heavy atom. The standard InChI is InChI=1S/C16H22O7S.Na/c1-3-11(16(19)20)9-13(8-10(2)15(17)18)12-4-6-14(7-5-12)24(21,22)23;/h4-7,10-11,13H,3,8-9H2,1-2H3,(H,17,18)(H,19,20)(H,21,22,23);/q;+1/p-1. The number of rotatable bonds is 9. The summed E-state index contributed by atoms with van der Waals surface area (Å²) < 4.78 is 33.0. The predicted octanol–water partition coefficient (Wildman–Crippen LogP) is -0.710. The summed E-state index contributed by atoms with van der Waals surface area (Å²) in [5.74, 6) is -3.60. The number of carboxylic acid groups (broad SMARTS) is 2. The van der Waals surface area contributed by atoms with Crippen molar-refractivity contribution in [2.24, 2.45) is 11.8 Å². The molecule has 1 aromatic carbocycles. The number of carboxylic acids is 2. The summed E-state index contributed by atoms with van der Waals surface area (Å²) in [6.45, 7) is 3.27. The Labute approximate surface area is 169 Å². The van der Waals surface area contributed by atoms with E-state index in [4.69, 9.17) is 5.11 Å². The third-order valence-corrected chi connectivity index (χ3v) is 4.96. The number of hydrogen-bond donors (Lipinski definition) is 2. The van der Waals surface area contributed by atoms with Crippen LogP contribution in [-0.2, 0) is 19.7 Å². The van der Waals surface area contributed by atoms with Gasteiger partial charge in [0, 0.05) is 0 Å². The maximum Gasteiger partial charge on any atom is 1.00 e. The van der Waals surface area contributed by atoms with E-state index in [9.17, 15) is 27.7 Å². The van der Waals surface area contributed by atoms with Crippen molar-refractivity contribution in [2.45, 2.75) is 43.9 Å². The van der Waals surface area contributed by atoms with Crippen molar-refractivity contribution in [2.75, 3.05) is 0 Å². The van der Waals surface area contributed by atoms with Crippen molar-refractivity contribution in [3.05, 3.63) is 29.8 Å². The average molecular weight is 380 g/mol. The second kappa shape index (κ2) is 10.3. The third kappa shape index (κ3) is 7.45.